The molecule has 4 rings (SSSR count). The number of carbonyl (C=O) groups excluding carboxylic acids is 1. The van der Waals surface area contributed by atoms with E-state index in [1.165, 1.54) is 5.56 Å². The van der Waals surface area contributed by atoms with Crippen LogP contribution >= 0.6 is 12.4 Å². The first-order chi connectivity index (χ1) is 18.3. The monoisotopic (exact) mass is 576 g/mol. The highest BCUT2D eigenvalue weighted by atomic mass is 35.5. The van der Waals surface area contributed by atoms with Gasteiger partial charge in [0, 0.05) is 44.0 Å². The Balaban J connectivity index is 0.00000420. The topological polar surface area (TPSA) is 91.0 Å². The number of likely N-dealkylation sites (tertiary alicyclic amines) is 1. The van der Waals surface area contributed by atoms with E-state index in [4.69, 9.17) is 4.74 Å². The summed E-state index contributed by atoms with van der Waals surface area (Å²) in [6.45, 7) is 5.77. The average Bonchev–Trinajstić information content (AvgIpc) is 3.42. The molecule has 1 saturated heterocycles. The number of hydrogen-bond donors (Lipinski definition) is 2. The summed E-state index contributed by atoms with van der Waals surface area (Å²) in [6, 6.07) is 15.5. The first kappa shape index (κ1) is 30.8. The van der Waals surface area contributed by atoms with E-state index in [0.717, 1.165) is 76.7 Å². The minimum atomic E-state index is -3.30. The number of sulfonamides is 1. The number of urea groups is 1. The van der Waals surface area contributed by atoms with Crippen LogP contribution in [0.15, 0.2) is 60.7 Å². The van der Waals surface area contributed by atoms with Crippen LogP contribution in [0.2, 0.25) is 0 Å². The molecule has 39 heavy (non-hydrogen) atoms. The van der Waals surface area contributed by atoms with Gasteiger partial charge in [-0.3, -0.25) is 9.62 Å². The van der Waals surface area contributed by atoms with Crippen LogP contribution in [0.5, 0.6) is 11.5 Å². The molecular formula is C29H41ClN4O4S. The van der Waals surface area contributed by atoms with Gasteiger partial charge in [0.1, 0.15) is 11.5 Å². The zero-order chi connectivity index (χ0) is 27.0. The molecule has 8 nitrogen and oxygen atoms in total. The second-order valence-corrected chi connectivity index (χ2v) is 12.0. The highest BCUT2D eigenvalue weighted by Crippen LogP contribution is 2.25. The fraction of sp³-hybridized carbons (Fsp3) is 0.483. The highest BCUT2D eigenvalue weighted by Gasteiger charge is 2.27. The number of anilines is 1. The maximum Gasteiger partial charge on any atom is 0.317 e. The minimum absolute atomic E-state index is 0. The zero-order valence-electron chi connectivity index (χ0n) is 22.8. The molecule has 1 aliphatic carbocycles. The van der Waals surface area contributed by atoms with E-state index in [-0.39, 0.29) is 24.5 Å². The van der Waals surface area contributed by atoms with E-state index < -0.39 is 10.0 Å². The summed E-state index contributed by atoms with van der Waals surface area (Å²) in [5.41, 5.74) is 1.71. The number of carbonyl (C=O) groups is 1. The molecule has 0 bridgehead atoms. The molecule has 0 unspecified atom stereocenters. The normalized spacial score (nSPS) is 16.5. The quantitative estimate of drug-likeness (QED) is 0.332. The van der Waals surface area contributed by atoms with Crippen LogP contribution in [-0.4, -0.2) is 62.2 Å². The van der Waals surface area contributed by atoms with Crippen molar-refractivity contribution in [2.24, 2.45) is 0 Å². The summed E-state index contributed by atoms with van der Waals surface area (Å²) >= 11 is 0. The zero-order valence-corrected chi connectivity index (χ0v) is 24.5. The van der Waals surface area contributed by atoms with Crippen LogP contribution < -0.4 is 14.8 Å². The van der Waals surface area contributed by atoms with E-state index in [1.54, 1.807) is 24.3 Å². The van der Waals surface area contributed by atoms with Gasteiger partial charge in [-0.15, -0.1) is 12.4 Å². The molecule has 1 fully saturated rings. The van der Waals surface area contributed by atoms with Crippen molar-refractivity contribution in [2.45, 2.75) is 64.1 Å². The number of benzene rings is 2. The lowest BCUT2D eigenvalue weighted by Gasteiger charge is -2.35. The molecule has 2 aliphatic rings. The molecule has 2 aromatic carbocycles. The van der Waals surface area contributed by atoms with Gasteiger partial charge in [-0.05, 0) is 74.1 Å². The first-order valence-corrected chi connectivity index (χ1v) is 15.5. The number of halogens is 1. The van der Waals surface area contributed by atoms with Crippen molar-refractivity contribution < 1.29 is 17.9 Å². The van der Waals surface area contributed by atoms with Crippen LogP contribution in [0.25, 0.3) is 0 Å². The fourth-order valence-electron chi connectivity index (χ4n) is 4.99. The molecule has 0 radical (unpaired) electrons. The predicted octanol–water partition coefficient (Wildman–Crippen LogP) is 5.77. The minimum Gasteiger partial charge on any atom is -0.457 e. The fourth-order valence-corrected chi connectivity index (χ4v) is 5.56. The number of hydrogen-bond acceptors (Lipinski definition) is 5. The molecule has 214 valence electrons. The Bertz CT molecular complexity index is 1170. The molecule has 0 aromatic heterocycles. The van der Waals surface area contributed by atoms with Crippen molar-refractivity contribution in [2.75, 3.05) is 30.6 Å². The van der Waals surface area contributed by atoms with E-state index in [2.05, 4.69) is 51.0 Å². The lowest BCUT2D eigenvalue weighted by Crippen LogP contribution is -2.51. The SMILES string of the molecule is CCCCN(C(=O)NC1CCN(Cc2ccc(Oc3ccc(NS(C)(=O)=O)cc3)cc2)CC1)C1CC=CC1.Cl. The van der Waals surface area contributed by atoms with Crippen LogP contribution in [0.4, 0.5) is 10.5 Å². The smallest absolute Gasteiger partial charge is 0.317 e. The lowest BCUT2D eigenvalue weighted by atomic mass is 10.0. The van der Waals surface area contributed by atoms with Crippen LogP contribution in [0.3, 0.4) is 0 Å². The third kappa shape index (κ3) is 9.74. The first-order valence-electron chi connectivity index (χ1n) is 13.6. The third-order valence-corrected chi connectivity index (χ3v) is 7.68. The average molecular weight is 577 g/mol. The van der Waals surface area contributed by atoms with Gasteiger partial charge in [0.2, 0.25) is 10.0 Å². The Morgan fingerprint density at radius 3 is 2.15 bits per heavy atom. The van der Waals surface area contributed by atoms with Crippen molar-refractivity contribution in [3.05, 3.63) is 66.2 Å². The number of nitrogens with one attached hydrogen (secondary N) is 2. The van der Waals surface area contributed by atoms with Crippen molar-refractivity contribution in [3.63, 3.8) is 0 Å². The predicted molar refractivity (Wildman–Crippen MR) is 159 cm³/mol. The summed E-state index contributed by atoms with van der Waals surface area (Å²) in [5, 5.41) is 3.32. The molecule has 0 saturated carbocycles. The van der Waals surface area contributed by atoms with E-state index in [0.29, 0.717) is 17.5 Å². The Hall–Kier alpha value is -2.75. The summed E-state index contributed by atoms with van der Waals surface area (Å²) < 4.78 is 31.0. The van der Waals surface area contributed by atoms with E-state index >= 15 is 0 Å². The van der Waals surface area contributed by atoms with E-state index in [1.807, 2.05) is 12.1 Å². The largest absolute Gasteiger partial charge is 0.457 e. The van der Waals surface area contributed by atoms with Gasteiger partial charge in [0.05, 0.1) is 6.26 Å². The van der Waals surface area contributed by atoms with Crippen LogP contribution in [0, 0.1) is 0 Å². The highest BCUT2D eigenvalue weighted by molar-refractivity contribution is 7.92. The maximum atomic E-state index is 13.0. The second-order valence-electron chi connectivity index (χ2n) is 10.3. The molecule has 1 aliphatic heterocycles. The van der Waals surface area contributed by atoms with Gasteiger partial charge in [0.25, 0.3) is 0 Å². The van der Waals surface area contributed by atoms with Gasteiger partial charge in [-0.25, -0.2) is 13.2 Å². The van der Waals surface area contributed by atoms with Gasteiger partial charge in [0.15, 0.2) is 0 Å². The summed E-state index contributed by atoms with van der Waals surface area (Å²) in [4.78, 5) is 17.5. The number of piperidine rings is 1. The third-order valence-electron chi connectivity index (χ3n) is 7.08. The van der Waals surface area contributed by atoms with Gasteiger partial charge in [-0.1, -0.05) is 37.6 Å². The summed E-state index contributed by atoms with van der Waals surface area (Å²) in [6.07, 6.45) is 11.5. The van der Waals surface area contributed by atoms with Crippen molar-refractivity contribution in [1.29, 1.82) is 0 Å². The van der Waals surface area contributed by atoms with Crippen molar-refractivity contribution in [1.82, 2.24) is 15.1 Å². The van der Waals surface area contributed by atoms with Gasteiger partial charge in [-0.2, -0.15) is 0 Å². The molecular weight excluding hydrogens is 536 g/mol. The maximum absolute atomic E-state index is 13.0. The summed E-state index contributed by atoms with van der Waals surface area (Å²) in [5.74, 6) is 1.36. The number of nitrogens with zero attached hydrogens (tertiary/aromatic N) is 2. The molecule has 0 atom stereocenters. The Morgan fingerprint density at radius 1 is 1.00 bits per heavy atom. The molecule has 1 heterocycles. The van der Waals surface area contributed by atoms with E-state index in [9.17, 15) is 13.2 Å². The van der Waals surface area contributed by atoms with Gasteiger partial charge < -0.3 is 15.0 Å². The standard InChI is InChI=1S/C29H40N4O4S.ClH/c1-3-4-19-33(26-7-5-6-8-26)29(34)30-24-17-20-32(21-18-24)22-23-9-13-27(14-10-23)37-28-15-11-25(12-16-28)31-38(2,35)36;/h5-6,9-16,24,26,31H,3-4,7-8,17-22H2,1-2H3,(H,30,34);1H. The molecule has 2 N–H and O–H groups in total. The number of unbranched alkanes of at least 4 members (excludes halogenated alkanes) is 1. The second kappa shape index (κ2) is 14.6. The van der Waals surface area contributed by atoms with Crippen LogP contribution in [-0.2, 0) is 16.6 Å². The van der Waals surface area contributed by atoms with Crippen molar-refractivity contribution in [3.8, 4) is 11.5 Å². The molecule has 2 amide bonds. The summed E-state index contributed by atoms with van der Waals surface area (Å²) in [7, 11) is -3.30. The van der Waals surface area contributed by atoms with Crippen molar-refractivity contribution >= 4 is 34.1 Å². The number of rotatable bonds is 11. The molecule has 2 aromatic rings. The van der Waals surface area contributed by atoms with Gasteiger partial charge >= 0.3 is 6.03 Å². The Labute approximate surface area is 239 Å². The lowest BCUT2D eigenvalue weighted by molar-refractivity contribution is 0.155. The Morgan fingerprint density at radius 2 is 1.59 bits per heavy atom. The van der Waals surface area contributed by atoms with Crippen LogP contribution in [0.1, 0.15) is 51.0 Å². The number of amides is 2. The Kier molecular flexibility index (Phi) is 11.5. The molecule has 10 heteroatoms. The number of ether oxygens (including phenoxy) is 1. The molecule has 0 spiro atoms.